The van der Waals surface area contributed by atoms with Gasteiger partial charge in [-0.3, -0.25) is 4.98 Å². The number of hydrogen-bond donors (Lipinski definition) is 1. The number of aliphatic hydroxyl groups excluding tert-OH is 1. The second-order valence-electron chi connectivity index (χ2n) is 8.49. The Morgan fingerprint density at radius 2 is 1.81 bits per heavy atom. The molecule has 1 aromatic heterocycles. The number of aryl methyl sites for hydroxylation is 2. The lowest BCUT2D eigenvalue weighted by atomic mass is 9.78. The monoisotopic (exact) mass is 376 g/mol. The Hall–Kier alpha value is -1.21. The zero-order chi connectivity index (χ0) is 18.8. The lowest BCUT2D eigenvalue weighted by Gasteiger charge is -2.35. The first-order valence-electron chi connectivity index (χ1n) is 10.3. The topological polar surface area (TPSA) is 64.1 Å². The quantitative estimate of drug-likeness (QED) is 0.865. The van der Waals surface area contributed by atoms with Crippen molar-refractivity contribution in [2.75, 3.05) is 46.1 Å². The summed E-state index contributed by atoms with van der Waals surface area (Å²) in [5, 5.41) is 10.7. The van der Waals surface area contributed by atoms with Crippen molar-refractivity contribution in [3.05, 3.63) is 23.5 Å². The summed E-state index contributed by atoms with van der Waals surface area (Å²) in [5.74, 6) is 2.39. The van der Waals surface area contributed by atoms with E-state index in [1.807, 2.05) is 26.0 Å². The van der Waals surface area contributed by atoms with Gasteiger partial charge >= 0.3 is 0 Å². The van der Waals surface area contributed by atoms with Gasteiger partial charge < -0.3 is 24.2 Å². The van der Waals surface area contributed by atoms with E-state index in [9.17, 15) is 5.11 Å². The van der Waals surface area contributed by atoms with Crippen LogP contribution in [0.15, 0.2) is 12.1 Å². The lowest BCUT2D eigenvalue weighted by Crippen LogP contribution is -2.42. The third-order valence-corrected chi connectivity index (χ3v) is 6.21. The Morgan fingerprint density at radius 1 is 1.11 bits per heavy atom. The van der Waals surface area contributed by atoms with Crippen molar-refractivity contribution in [2.45, 2.75) is 38.9 Å². The number of aromatic nitrogens is 1. The van der Waals surface area contributed by atoms with Gasteiger partial charge in [-0.05, 0) is 50.7 Å². The summed E-state index contributed by atoms with van der Waals surface area (Å²) in [6, 6.07) is 3.94. The molecule has 1 N–H and O–H groups in total. The van der Waals surface area contributed by atoms with Crippen molar-refractivity contribution in [1.82, 2.24) is 9.88 Å². The van der Waals surface area contributed by atoms with Crippen LogP contribution in [-0.4, -0.2) is 73.3 Å². The first-order valence-corrected chi connectivity index (χ1v) is 10.3. The fourth-order valence-corrected chi connectivity index (χ4v) is 4.86. The highest BCUT2D eigenvalue weighted by molar-refractivity contribution is 5.28. The highest BCUT2D eigenvalue weighted by Gasteiger charge is 2.43. The number of fused-ring (bicyclic) bond motifs is 1. The number of hydrogen-bond acceptors (Lipinski definition) is 6. The van der Waals surface area contributed by atoms with E-state index in [4.69, 9.17) is 14.2 Å². The van der Waals surface area contributed by atoms with Gasteiger partial charge in [-0.15, -0.1) is 0 Å². The number of pyridine rings is 1. The third kappa shape index (κ3) is 4.62. The number of rotatable bonds is 4. The van der Waals surface area contributed by atoms with Crippen molar-refractivity contribution < 1.29 is 19.3 Å². The molecule has 0 spiro atoms. The zero-order valence-electron chi connectivity index (χ0n) is 16.5. The van der Waals surface area contributed by atoms with Crippen LogP contribution in [0.2, 0.25) is 0 Å². The predicted octanol–water partition coefficient (Wildman–Crippen LogP) is 1.81. The largest absolute Gasteiger partial charge is 0.486 e. The van der Waals surface area contributed by atoms with Crippen LogP contribution in [0.4, 0.5) is 0 Å². The molecule has 3 aliphatic rings. The standard InChI is InChI=1S/C21H32N2O4/c1-14-3-4-20(15(2)22-14)27-21-8-18-11-23(10-17(18)7-19(21)24)9-16-12-25-5-6-26-13-16/h3-4,16-19,21,24H,5-13H2,1-2H3/t17-,18+,19+,21+/m0/s1. The Morgan fingerprint density at radius 3 is 2.52 bits per heavy atom. The van der Waals surface area contributed by atoms with Crippen molar-refractivity contribution in [2.24, 2.45) is 17.8 Å². The molecule has 6 heteroatoms. The number of likely N-dealkylation sites (tertiary alicyclic amines) is 1. The van der Waals surface area contributed by atoms with Gasteiger partial charge in [0.1, 0.15) is 11.9 Å². The summed E-state index contributed by atoms with van der Waals surface area (Å²) in [5.41, 5.74) is 1.88. The highest BCUT2D eigenvalue weighted by Crippen LogP contribution is 2.38. The van der Waals surface area contributed by atoms with Gasteiger partial charge in [0.15, 0.2) is 0 Å². The molecule has 1 aliphatic carbocycles. The molecule has 0 amide bonds. The average Bonchev–Trinajstić information content (AvgIpc) is 2.83. The van der Waals surface area contributed by atoms with Gasteiger partial charge in [-0.2, -0.15) is 0 Å². The van der Waals surface area contributed by atoms with E-state index in [0.717, 1.165) is 62.8 Å². The van der Waals surface area contributed by atoms with Crippen LogP contribution in [0.3, 0.4) is 0 Å². The van der Waals surface area contributed by atoms with Crippen LogP contribution in [0.25, 0.3) is 0 Å². The Labute approximate surface area is 161 Å². The summed E-state index contributed by atoms with van der Waals surface area (Å²) >= 11 is 0. The van der Waals surface area contributed by atoms with Crippen molar-refractivity contribution >= 4 is 0 Å². The van der Waals surface area contributed by atoms with E-state index in [1.165, 1.54) is 0 Å². The fourth-order valence-electron chi connectivity index (χ4n) is 4.86. The smallest absolute Gasteiger partial charge is 0.141 e. The van der Waals surface area contributed by atoms with Gasteiger partial charge in [-0.1, -0.05) is 0 Å². The average molecular weight is 376 g/mol. The minimum absolute atomic E-state index is 0.140. The van der Waals surface area contributed by atoms with Gasteiger partial charge in [0.2, 0.25) is 0 Å². The number of nitrogens with zero attached hydrogens (tertiary/aromatic N) is 2. The molecule has 3 fully saturated rings. The summed E-state index contributed by atoms with van der Waals surface area (Å²) < 4.78 is 17.5. The molecule has 2 saturated heterocycles. The molecule has 6 nitrogen and oxygen atoms in total. The first-order chi connectivity index (χ1) is 13.1. The summed E-state index contributed by atoms with van der Waals surface area (Å²) in [6.45, 7) is 10.1. The molecule has 0 unspecified atom stereocenters. The normalized spacial score (nSPS) is 32.9. The van der Waals surface area contributed by atoms with E-state index in [1.54, 1.807) is 0 Å². The Bertz CT molecular complexity index is 633. The maximum Gasteiger partial charge on any atom is 0.141 e. The molecular weight excluding hydrogens is 344 g/mol. The van der Waals surface area contributed by atoms with Crippen molar-refractivity contribution in [3.63, 3.8) is 0 Å². The zero-order valence-corrected chi connectivity index (χ0v) is 16.5. The van der Waals surface area contributed by atoms with Crippen LogP contribution < -0.4 is 4.74 Å². The number of aliphatic hydroxyl groups is 1. The molecule has 0 aromatic carbocycles. The molecular formula is C21H32N2O4. The fraction of sp³-hybridized carbons (Fsp3) is 0.762. The summed E-state index contributed by atoms with van der Waals surface area (Å²) in [7, 11) is 0. The summed E-state index contributed by atoms with van der Waals surface area (Å²) in [6.07, 6.45) is 1.19. The molecule has 0 radical (unpaired) electrons. The van der Waals surface area contributed by atoms with Gasteiger partial charge in [0.25, 0.3) is 0 Å². The predicted molar refractivity (Wildman–Crippen MR) is 102 cm³/mol. The Kier molecular flexibility index (Phi) is 5.97. The maximum atomic E-state index is 10.7. The van der Waals surface area contributed by atoms with Crippen LogP contribution >= 0.6 is 0 Å². The molecule has 4 atom stereocenters. The second kappa shape index (κ2) is 8.43. The van der Waals surface area contributed by atoms with Crippen molar-refractivity contribution in [1.29, 1.82) is 0 Å². The molecule has 4 rings (SSSR count). The van der Waals surface area contributed by atoms with E-state index < -0.39 is 6.10 Å². The molecule has 1 saturated carbocycles. The molecule has 150 valence electrons. The van der Waals surface area contributed by atoms with Crippen LogP contribution in [0.1, 0.15) is 24.2 Å². The Balaban J connectivity index is 1.34. The maximum absolute atomic E-state index is 10.7. The van der Waals surface area contributed by atoms with E-state index >= 15 is 0 Å². The molecule has 0 bridgehead atoms. The van der Waals surface area contributed by atoms with E-state index in [2.05, 4.69) is 9.88 Å². The van der Waals surface area contributed by atoms with Crippen molar-refractivity contribution in [3.8, 4) is 5.75 Å². The molecule has 2 aliphatic heterocycles. The first kappa shape index (κ1) is 19.1. The number of ether oxygens (including phenoxy) is 3. The SMILES string of the molecule is Cc1ccc(O[C@@H]2C[C@@H]3CN(CC4COCCOC4)C[C@@H]3C[C@H]2O)c(C)n1. The molecule has 3 heterocycles. The third-order valence-electron chi connectivity index (χ3n) is 6.21. The van der Waals surface area contributed by atoms with Crippen LogP contribution in [-0.2, 0) is 9.47 Å². The van der Waals surface area contributed by atoms with E-state index in [-0.39, 0.29) is 6.10 Å². The molecule has 1 aromatic rings. The minimum Gasteiger partial charge on any atom is -0.486 e. The lowest BCUT2D eigenvalue weighted by molar-refractivity contribution is -0.0236. The van der Waals surface area contributed by atoms with E-state index in [0.29, 0.717) is 31.0 Å². The minimum atomic E-state index is -0.406. The van der Waals surface area contributed by atoms with Crippen LogP contribution in [0, 0.1) is 31.6 Å². The van der Waals surface area contributed by atoms with Crippen LogP contribution in [0.5, 0.6) is 5.75 Å². The second-order valence-corrected chi connectivity index (χ2v) is 8.49. The summed E-state index contributed by atoms with van der Waals surface area (Å²) in [4.78, 5) is 7.01. The van der Waals surface area contributed by atoms with Gasteiger partial charge in [-0.25, -0.2) is 0 Å². The molecule has 27 heavy (non-hydrogen) atoms. The highest BCUT2D eigenvalue weighted by atomic mass is 16.5. The van der Waals surface area contributed by atoms with Gasteiger partial charge in [0.05, 0.1) is 38.2 Å². The van der Waals surface area contributed by atoms with Gasteiger partial charge in [0, 0.05) is 31.2 Å².